The molecule has 0 aliphatic heterocycles. The second-order valence-electron chi connectivity index (χ2n) is 6.67. The number of carbonyl (C=O) groups excluding carboxylic acids is 2. The van der Waals surface area contributed by atoms with Gasteiger partial charge in [0.1, 0.15) is 11.4 Å². The zero-order valence-electron chi connectivity index (χ0n) is 15.9. The van der Waals surface area contributed by atoms with Crippen molar-refractivity contribution in [2.75, 3.05) is 26.0 Å². The molecule has 140 valence electrons. The molecule has 0 spiro atoms. The number of carbonyl (C=O) groups is 2. The first-order valence-electron chi connectivity index (χ1n) is 8.66. The van der Waals surface area contributed by atoms with Gasteiger partial charge in [-0.3, -0.25) is 9.59 Å². The monoisotopic (exact) mass is 365 g/mol. The van der Waals surface area contributed by atoms with Gasteiger partial charge in [0.2, 0.25) is 5.91 Å². The van der Waals surface area contributed by atoms with Crippen molar-refractivity contribution >= 4 is 28.4 Å². The zero-order valence-corrected chi connectivity index (χ0v) is 15.9. The van der Waals surface area contributed by atoms with Crippen molar-refractivity contribution in [2.24, 2.45) is 0 Å². The molecule has 2 aromatic carbocycles. The van der Waals surface area contributed by atoms with E-state index in [2.05, 4.69) is 16.4 Å². The minimum Gasteiger partial charge on any atom is -0.497 e. The van der Waals surface area contributed by atoms with Crippen molar-refractivity contribution in [3.05, 3.63) is 59.3 Å². The fraction of sp³-hybridized carbons (Fsp3) is 0.238. The van der Waals surface area contributed by atoms with Gasteiger partial charge in [-0.1, -0.05) is 12.1 Å². The SMILES string of the molecule is COc1cccc(NC(=O)CN(C)C(=O)c2cc3c(C)cc(C)cc3[nH]2)c1. The number of hydrogen-bond acceptors (Lipinski definition) is 3. The summed E-state index contributed by atoms with van der Waals surface area (Å²) in [6.07, 6.45) is 0. The summed E-state index contributed by atoms with van der Waals surface area (Å²) in [4.78, 5) is 29.5. The Morgan fingerprint density at radius 2 is 1.93 bits per heavy atom. The summed E-state index contributed by atoms with van der Waals surface area (Å²) in [7, 11) is 3.17. The average Bonchev–Trinajstić information content (AvgIpc) is 3.05. The van der Waals surface area contributed by atoms with E-state index < -0.39 is 0 Å². The molecule has 27 heavy (non-hydrogen) atoms. The van der Waals surface area contributed by atoms with Crippen LogP contribution in [-0.2, 0) is 4.79 Å². The summed E-state index contributed by atoms with van der Waals surface area (Å²) in [5.41, 5.74) is 4.25. The Labute approximate surface area is 158 Å². The van der Waals surface area contributed by atoms with Gasteiger partial charge in [-0.05, 0) is 49.2 Å². The molecule has 6 heteroatoms. The molecule has 1 aromatic heterocycles. The van der Waals surface area contributed by atoms with Crippen molar-refractivity contribution in [2.45, 2.75) is 13.8 Å². The van der Waals surface area contributed by atoms with Crippen LogP contribution in [0.25, 0.3) is 10.9 Å². The maximum atomic E-state index is 12.7. The van der Waals surface area contributed by atoms with Gasteiger partial charge in [0.15, 0.2) is 0 Å². The number of aromatic amines is 1. The van der Waals surface area contributed by atoms with E-state index in [4.69, 9.17) is 4.74 Å². The number of nitrogens with one attached hydrogen (secondary N) is 2. The van der Waals surface area contributed by atoms with Crippen molar-refractivity contribution in [1.29, 1.82) is 0 Å². The molecular weight excluding hydrogens is 342 g/mol. The van der Waals surface area contributed by atoms with Crippen LogP contribution in [0.2, 0.25) is 0 Å². The van der Waals surface area contributed by atoms with Crippen LogP contribution in [0.1, 0.15) is 21.6 Å². The zero-order chi connectivity index (χ0) is 19.6. The van der Waals surface area contributed by atoms with Crippen LogP contribution in [-0.4, -0.2) is 42.4 Å². The first-order chi connectivity index (χ1) is 12.9. The fourth-order valence-corrected chi connectivity index (χ4v) is 3.11. The minimum absolute atomic E-state index is 0.0522. The summed E-state index contributed by atoms with van der Waals surface area (Å²) in [6.45, 7) is 3.98. The third kappa shape index (κ3) is 4.11. The number of hydrogen-bond donors (Lipinski definition) is 2. The molecule has 0 bridgehead atoms. The quantitative estimate of drug-likeness (QED) is 0.727. The van der Waals surface area contributed by atoms with Crippen LogP contribution < -0.4 is 10.1 Å². The van der Waals surface area contributed by atoms with Crippen LogP contribution >= 0.6 is 0 Å². The van der Waals surface area contributed by atoms with Gasteiger partial charge >= 0.3 is 0 Å². The lowest BCUT2D eigenvalue weighted by Gasteiger charge is -2.16. The molecule has 0 radical (unpaired) electrons. The number of likely N-dealkylation sites (N-methyl/N-ethyl adjacent to an activating group) is 1. The van der Waals surface area contributed by atoms with E-state index in [9.17, 15) is 9.59 Å². The molecule has 0 fully saturated rings. The molecule has 3 rings (SSSR count). The van der Waals surface area contributed by atoms with Crippen LogP contribution in [0.15, 0.2) is 42.5 Å². The summed E-state index contributed by atoms with van der Waals surface area (Å²) < 4.78 is 5.14. The van der Waals surface area contributed by atoms with E-state index in [-0.39, 0.29) is 18.4 Å². The Morgan fingerprint density at radius 3 is 2.67 bits per heavy atom. The third-order valence-corrected chi connectivity index (χ3v) is 4.40. The number of nitrogens with zero attached hydrogens (tertiary/aromatic N) is 1. The van der Waals surface area contributed by atoms with Crippen LogP contribution in [0.3, 0.4) is 0 Å². The maximum absolute atomic E-state index is 12.7. The lowest BCUT2D eigenvalue weighted by atomic mass is 10.1. The Hall–Kier alpha value is -3.28. The van der Waals surface area contributed by atoms with Gasteiger partial charge < -0.3 is 19.9 Å². The van der Waals surface area contributed by atoms with Gasteiger partial charge in [0, 0.05) is 29.7 Å². The number of ether oxygens (including phenoxy) is 1. The molecule has 0 aliphatic rings. The average molecular weight is 365 g/mol. The highest BCUT2D eigenvalue weighted by atomic mass is 16.5. The molecule has 2 N–H and O–H groups in total. The van der Waals surface area contributed by atoms with E-state index in [1.807, 2.05) is 26.0 Å². The highest BCUT2D eigenvalue weighted by Crippen LogP contribution is 2.22. The highest BCUT2D eigenvalue weighted by Gasteiger charge is 2.18. The number of anilines is 1. The molecule has 0 saturated carbocycles. The predicted molar refractivity (Wildman–Crippen MR) is 106 cm³/mol. The van der Waals surface area contributed by atoms with Gasteiger partial charge in [-0.15, -0.1) is 0 Å². The summed E-state index contributed by atoms with van der Waals surface area (Å²) >= 11 is 0. The molecule has 1 heterocycles. The number of H-pyrrole nitrogens is 1. The Balaban J connectivity index is 1.70. The minimum atomic E-state index is -0.276. The van der Waals surface area contributed by atoms with Crippen molar-refractivity contribution in [3.8, 4) is 5.75 Å². The lowest BCUT2D eigenvalue weighted by molar-refractivity contribution is -0.116. The number of fused-ring (bicyclic) bond motifs is 1. The first kappa shape index (κ1) is 18.5. The normalized spacial score (nSPS) is 10.7. The summed E-state index contributed by atoms with van der Waals surface area (Å²) in [5.74, 6) is 0.146. The van der Waals surface area contributed by atoms with Crippen molar-refractivity contribution in [1.82, 2.24) is 9.88 Å². The van der Waals surface area contributed by atoms with Gasteiger partial charge in [-0.25, -0.2) is 0 Å². The van der Waals surface area contributed by atoms with E-state index in [0.29, 0.717) is 17.1 Å². The van der Waals surface area contributed by atoms with Crippen LogP contribution in [0.4, 0.5) is 5.69 Å². The number of aromatic nitrogens is 1. The predicted octanol–water partition coefficient (Wildman–Crippen LogP) is 3.50. The number of methoxy groups -OCH3 is 1. The molecule has 0 atom stereocenters. The number of benzene rings is 2. The van der Waals surface area contributed by atoms with Gasteiger partial charge in [0.05, 0.1) is 13.7 Å². The molecule has 0 aliphatic carbocycles. The van der Waals surface area contributed by atoms with E-state index in [1.165, 1.54) is 4.90 Å². The Morgan fingerprint density at radius 1 is 1.15 bits per heavy atom. The summed E-state index contributed by atoms with van der Waals surface area (Å²) in [5, 5.41) is 3.79. The van der Waals surface area contributed by atoms with E-state index in [1.54, 1.807) is 38.4 Å². The van der Waals surface area contributed by atoms with Crippen molar-refractivity contribution < 1.29 is 14.3 Å². The van der Waals surface area contributed by atoms with Crippen LogP contribution in [0.5, 0.6) is 5.75 Å². The van der Waals surface area contributed by atoms with Gasteiger partial charge in [0.25, 0.3) is 5.91 Å². The second-order valence-corrected chi connectivity index (χ2v) is 6.67. The molecule has 2 amide bonds. The Bertz CT molecular complexity index is 1010. The van der Waals surface area contributed by atoms with Crippen molar-refractivity contribution in [3.63, 3.8) is 0 Å². The second kappa shape index (κ2) is 7.53. The van der Waals surface area contributed by atoms with Gasteiger partial charge in [-0.2, -0.15) is 0 Å². The third-order valence-electron chi connectivity index (χ3n) is 4.40. The van der Waals surface area contributed by atoms with E-state index >= 15 is 0 Å². The smallest absolute Gasteiger partial charge is 0.270 e. The molecule has 0 saturated heterocycles. The molecule has 0 unspecified atom stereocenters. The summed E-state index contributed by atoms with van der Waals surface area (Å²) in [6, 6.07) is 13.0. The highest BCUT2D eigenvalue weighted by molar-refractivity contribution is 6.01. The van der Waals surface area contributed by atoms with Crippen LogP contribution in [0, 0.1) is 13.8 Å². The molecule has 3 aromatic rings. The lowest BCUT2D eigenvalue weighted by Crippen LogP contribution is -2.35. The molecule has 6 nitrogen and oxygen atoms in total. The Kier molecular flexibility index (Phi) is 5.16. The number of rotatable bonds is 5. The maximum Gasteiger partial charge on any atom is 0.270 e. The fourth-order valence-electron chi connectivity index (χ4n) is 3.11. The number of aryl methyl sites for hydroxylation is 2. The molecular formula is C21H23N3O3. The topological polar surface area (TPSA) is 74.4 Å². The van der Waals surface area contributed by atoms with E-state index in [0.717, 1.165) is 22.0 Å². The largest absolute Gasteiger partial charge is 0.497 e. The number of amides is 2. The standard InChI is InChI=1S/C21H23N3O3/c1-13-8-14(2)17-11-19(23-18(17)9-13)21(26)24(3)12-20(25)22-15-6-5-7-16(10-15)27-4/h5-11,23H,12H2,1-4H3,(H,22,25). The first-order valence-corrected chi connectivity index (χ1v) is 8.66.